The van der Waals surface area contributed by atoms with Crippen molar-refractivity contribution in [2.45, 2.75) is 26.8 Å². The molecule has 2 nitrogen and oxygen atoms in total. The van der Waals surface area contributed by atoms with Gasteiger partial charge in [0.1, 0.15) is 0 Å². The molecule has 0 spiro atoms. The lowest BCUT2D eigenvalue weighted by Crippen LogP contribution is -2.37. The normalized spacial score (nSPS) is 10.7. The van der Waals surface area contributed by atoms with Gasteiger partial charge in [-0.3, -0.25) is 4.79 Å². The van der Waals surface area contributed by atoms with Gasteiger partial charge < -0.3 is 4.90 Å². The van der Waals surface area contributed by atoms with Crippen LogP contribution in [-0.2, 0) is 0 Å². The summed E-state index contributed by atoms with van der Waals surface area (Å²) in [6.07, 6.45) is 0. The van der Waals surface area contributed by atoms with Crippen molar-refractivity contribution in [1.29, 1.82) is 0 Å². The first kappa shape index (κ1) is 12.5. The SMILES string of the molecule is Cc1ccc(C(=O)N(CCCl)C(C)C)s1. The molecule has 0 aliphatic carbocycles. The lowest BCUT2D eigenvalue weighted by Gasteiger charge is -2.25. The smallest absolute Gasteiger partial charge is 0.264 e. The molecule has 15 heavy (non-hydrogen) atoms. The van der Waals surface area contributed by atoms with Crippen molar-refractivity contribution < 1.29 is 4.79 Å². The summed E-state index contributed by atoms with van der Waals surface area (Å²) in [7, 11) is 0. The first-order chi connectivity index (χ1) is 7.06. The van der Waals surface area contributed by atoms with Crippen LogP contribution in [-0.4, -0.2) is 29.3 Å². The third-order valence-corrected chi connectivity index (χ3v) is 3.32. The van der Waals surface area contributed by atoms with Crippen LogP contribution in [0, 0.1) is 6.92 Å². The Balaban J connectivity index is 2.80. The average molecular weight is 246 g/mol. The van der Waals surface area contributed by atoms with Crippen LogP contribution >= 0.6 is 22.9 Å². The predicted octanol–water partition coefficient (Wildman–Crippen LogP) is 3.15. The number of nitrogens with zero attached hydrogens (tertiary/aromatic N) is 1. The van der Waals surface area contributed by atoms with Crippen molar-refractivity contribution in [2.24, 2.45) is 0 Å². The molecule has 0 N–H and O–H groups in total. The molecule has 0 unspecified atom stereocenters. The van der Waals surface area contributed by atoms with Gasteiger partial charge in [0, 0.05) is 23.3 Å². The van der Waals surface area contributed by atoms with E-state index in [0.29, 0.717) is 12.4 Å². The Hall–Kier alpha value is -0.540. The number of hydrogen-bond acceptors (Lipinski definition) is 2. The minimum absolute atomic E-state index is 0.0868. The Morgan fingerprint density at radius 1 is 1.53 bits per heavy atom. The summed E-state index contributed by atoms with van der Waals surface area (Å²) in [5, 5.41) is 0. The van der Waals surface area contributed by atoms with Crippen LogP contribution in [0.4, 0.5) is 0 Å². The summed E-state index contributed by atoms with van der Waals surface area (Å²) in [6, 6.07) is 4.04. The minimum atomic E-state index is 0.0868. The van der Waals surface area contributed by atoms with E-state index < -0.39 is 0 Å². The second kappa shape index (κ2) is 5.52. The topological polar surface area (TPSA) is 20.3 Å². The Bertz CT molecular complexity index is 335. The van der Waals surface area contributed by atoms with Crippen molar-refractivity contribution in [1.82, 2.24) is 4.90 Å². The molecule has 0 fully saturated rings. The van der Waals surface area contributed by atoms with Gasteiger partial charge in [0.05, 0.1) is 4.88 Å². The van der Waals surface area contributed by atoms with Gasteiger partial charge in [-0.1, -0.05) is 0 Å². The Morgan fingerprint density at radius 2 is 2.20 bits per heavy atom. The molecule has 0 aliphatic rings. The van der Waals surface area contributed by atoms with Crippen LogP contribution in [0.2, 0.25) is 0 Å². The largest absolute Gasteiger partial charge is 0.334 e. The van der Waals surface area contributed by atoms with Crippen LogP contribution in [0.3, 0.4) is 0 Å². The lowest BCUT2D eigenvalue weighted by atomic mass is 10.3. The van der Waals surface area contributed by atoms with E-state index in [-0.39, 0.29) is 11.9 Å². The highest BCUT2D eigenvalue weighted by Gasteiger charge is 2.19. The predicted molar refractivity (Wildman–Crippen MR) is 65.9 cm³/mol. The summed E-state index contributed by atoms with van der Waals surface area (Å²) in [5.74, 6) is 0.567. The highest BCUT2D eigenvalue weighted by Crippen LogP contribution is 2.18. The van der Waals surface area contributed by atoms with Gasteiger partial charge >= 0.3 is 0 Å². The average Bonchev–Trinajstić information content (AvgIpc) is 2.59. The highest BCUT2D eigenvalue weighted by atomic mass is 35.5. The number of amides is 1. The Morgan fingerprint density at radius 3 is 2.60 bits per heavy atom. The maximum atomic E-state index is 12.1. The summed E-state index contributed by atoms with van der Waals surface area (Å²) in [5.41, 5.74) is 0. The van der Waals surface area contributed by atoms with Gasteiger partial charge in [-0.05, 0) is 32.9 Å². The molecule has 0 bridgehead atoms. The van der Waals surface area contributed by atoms with Gasteiger partial charge in [-0.25, -0.2) is 0 Å². The fourth-order valence-electron chi connectivity index (χ4n) is 1.38. The van der Waals surface area contributed by atoms with E-state index >= 15 is 0 Å². The molecule has 1 heterocycles. The summed E-state index contributed by atoms with van der Waals surface area (Å²) < 4.78 is 0. The van der Waals surface area contributed by atoms with Crippen LogP contribution in [0.1, 0.15) is 28.4 Å². The Labute approximate surface area is 99.9 Å². The molecule has 0 atom stereocenters. The molecule has 1 aromatic heterocycles. The molecular formula is C11H16ClNOS. The van der Waals surface area contributed by atoms with Crippen molar-refractivity contribution in [3.05, 3.63) is 21.9 Å². The number of carbonyl (C=O) groups is 1. The van der Waals surface area contributed by atoms with Gasteiger partial charge in [0.15, 0.2) is 0 Å². The van der Waals surface area contributed by atoms with Crippen molar-refractivity contribution in [3.8, 4) is 0 Å². The van der Waals surface area contributed by atoms with E-state index in [9.17, 15) is 4.79 Å². The maximum Gasteiger partial charge on any atom is 0.264 e. The fourth-order valence-corrected chi connectivity index (χ4v) is 2.38. The van der Waals surface area contributed by atoms with Crippen LogP contribution in [0.15, 0.2) is 12.1 Å². The minimum Gasteiger partial charge on any atom is -0.334 e. The number of carbonyl (C=O) groups excluding carboxylic acids is 1. The zero-order valence-electron chi connectivity index (χ0n) is 9.29. The standard InChI is InChI=1S/C11H16ClNOS/c1-8(2)13(7-6-12)11(14)10-5-4-9(3)15-10/h4-5,8H,6-7H2,1-3H3. The molecule has 0 saturated heterocycles. The molecule has 0 aromatic carbocycles. The van der Waals surface area contributed by atoms with Crippen molar-refractivity contribution in [2.75, 3.05) is 12.4 Å². The van der Waals surface area contributed by atoms with Crippen LogP contribution in [0.25, 0.3) is 0 Å². The van der Waals surface area contributed by atoms with Crippen LogP contribution < -0.4 is 0 Å². The first-order valence-electron chi connectivity index (χ1n) is 4.99. The zero-order valence-corrected chi connectivity index (χ0v) is 10.9. The van der Waals surface area contributed by atoms with Crippen molar-refractivity contribution >= 4 is 28.8 Å². The van der Waals surface area contributed by atoms with E-state index in [0.717, 1.165) is 9.75 Å². The quantitative estimate of drug-likeness (QED) is 0.747. The number of halogens is 1. The van der Waals surface area contributed by atoms with E-state index in [1.165, 1.54) is 11.3 Å². The highest BCUT2D eigenvalue weighted by molar-refractivity contribution is 7.13. The number of alkyl halides is 1. The number of thiophene rings is 1. The lowest BCUT2D eigenvalue weighted by molar-refractivity contribution is 0.0723. The molecule has 4 heteroatoms. The number of rotatable bonds is 4. The number of aryl methyl sites for hydroxylation is 1. The second-order valence-electron chi connectivity index (χ2n) is 3.69. The summed E-state index contributed by atoms with van der Waals surface area (Å²) in [4.78, 5) is 15.8. The number of hydrogen-bond donors (Lipinski definition) is 0. The molecule has 84 valence electrons. The molecule has 0 saturated carbocycles. The third-order valence-electron chi connectivity index (χ3n) is 2.16. The Kier molecular flexibility index (Phi) is 4.61. The molecule has 0 radical (unpaired) electrons. The second-order valence-corrected chi connectivity index (χ2v) is 5.36. The van der Waals surface area contributed by atoms with Gasteiger partial charge in [0.2, 0.25) is 0 Å². The maximum absolute atomic E-state index is 12.1. The van der Waals surface area contributed by atoms with E-state index in [1.54, 1.807) is 4.90 Å². The zero-order chi connectivity index (χ0) is 11.4. The molecule has 1 aromatic rings. The van der Waals surface area contributed by atoms with E-state index in [4.69, 9.17) is 11.6 Å². The monoisotopic (exact) mass is 245 g/mol. The summed E-state index contributed by atoms with van der Waals surface area (Å²) in [6.45, 7) is 6.62. The molecule has 0 aliphatic heterocycles. The van der Waals surface area contributed by atoms with E-state index in [1.807, 2.05) is 32.9 Å². The van der Waals surface area contributed by atoms with Crippen LogP contribution in [0.5, 0.6) is 0 Å². The third kappa shape index (κ3) is 3.21. The first-order valence-corrected chi connectivity index (χ1v) is 6.34. The fraction of sp³-hybridized carbons (Fsp3) is 0.545. The van der Waals surface area contributed by atoms with E-state index in [2.05, 4.69) is 0 Å². The molecular weight excluding hydrogens is 230 g/mol. The van der Waals surface area contributed by atoms with Gasteiger partial charge in [0.25, 0.3) is 5.91 Å². The van der Waals surface area contributed by atoms with Gasteiger partial charge in [-0.15, -0.1) is 22.9 Å². The molecule has 1 rings (SSSR count). The molecule has 1 amide bonds. The van der Waals surface area contributed by atoms with Gasteiger partial charge in [-0.2, -0.15) is 0 Å². The summed E-state index contributed by atoms with van der Waals surface area (Å²) >= 11 is 7.22. The van der Waals surface area contributed by atoms with Crippen molar-refractivity contribution in [3.63, 3.8) is 0 Å².